The van der Waals surface area contributed by atoms with Gasteiger partial charge >= 0.3 is 0 Å². The predicted octanol–water partition coefficient (Wildman–Crippen LogP) is 3.16. The maximum atomic E-state index is 12.1. The van der Waals surface area contributed by atoms with Gasteiger partial charge in [0.15, 0.2) is 0 Å². The van der Waals surface area contributed by atoms with E-state index in [0.29, 0.717) is 6.04 Å². The van der Waals surface area contributed by atoms with Crippen molar-refractivity contribution >= 4 is 11.6 Å². The summed E-state index contributed by atoms with van der Waals surface area (Å²) < 4.78 is 0. The van der Waals surface area contributed by atoms with Crippen molar-refractivity contribution in [2.24, 2.45) is 0 Å². The molecule has 2 N–H and O–H groups in total. The van der Waals surface area contributed by atoms with Crippen LogP contribution in [0.15, 0.2) is 18.2 Å². The van der Waals surface area contributed by atoms with Crippen LogP contribution in [0.25, 0.3) is 0 Å². The lowest BCUT2D eigenvalue weighted by atomic mass is 10.1. The summed E-state index contributed by atoms with van der Waals surface area (Å²) in [5.74, 6) is 0.102. The maximum Gasteiger partial charge on any atom is 0.242 e. The molecule has 0 bridgehead atoms. The Labute approximate surface area is 115 Å². The highest BCUT2D eigenvalue weighted by molar-refractivity contribution is 5.84. The van der Waals surface area contributed by atoms with Gasteiger partial charge in [0.25, 0.3) is 0 Å². The van der Waals surface area contributed by atoms with E-state index in [4.69, 9.17) is 0 Å². The van der Waals surface area contributed by atoms with Gasteiger partial charge in [0.1, 0.15) is 6.04 Å². The summed E-state index contributed by atoms with van der Waals surface area (Å²) in [7, 11) is 0. The molecule has 0 unspecified atom stereocenters. The standard InChI is InChI=1S/C16H24N2O/c1-11-8-9-15(10-12(11)2)17-13(3)16(19)18-14-6-4-5-7-14/h8-10,13-14,17H,4-7H2,1-3H3,(H,18,19)/t13-/m0/s1. The maximum absolute atomic E-state index is 12.1. The summed E-state index contributed by atoms with van der Waals surface area (Å²) in [6, 6.07) is 6.40. The van der Waals surface area contributed by atoms with Gasteiger partial charge < -0.3 is 10.6 Å². The monoisotopic (exact) mass is 260 g/mol. The Morgan fingerprint density at radius 2 is 1.89 bits per heavy atom. The van der Waals surface area contributed by atoms with Crippen LogP contribution < -0.4 is 10.6 Å². The first-order chi connectivity index (χ1) is 9.06. The van der Waals surface area contributed by atoms with Gasteiger partial charge in [-0.25, -0.2) is 0 Å². The van der Waals surface area contributed by atoms with Crippen LogP contribution in [-0.2, 0) is 4.79 Å². The minimum atomic E-state index is -0.192. The van der Waals surface area contributed by atoms with Crippen LogP contribution in [0.3, 0.4) is 0 Å². The van der Waals surface area contributed by atoms with E-state index >= 15 is 0 Å². The van der Waals surface area contributed by atoms with Gasteiger partial charge in [-0.15, -0.1) is 0 Å². The lowest BCUT2D eigenvalue weighted by Gasteiger charge is -2.19. The topological polar surface area (TPSA) is 41.1 Å². The third kappa shape index (κ3) is 3.72. The Balaban J connectivity index is 1.90. The zero-order valence-electron chi connectivity index (χ0n) is 12.1. The molecule has 1 amide bonds. The van der Waals surface area contributed by atoms with Gasteiger partial charge in [0.2, 0.25) is 5.91 Å². The molecule has 1 atom stereocenters. The summed E-state index contributed by atoms with van der Waals surface area (Å²) >= 11 is 0. The van der Waals surface area contributed by atoms with Crippen molar-refractivity contribution in [3.05, 3.63) is 29.3 Å². The highest BCUT2D eigenvalue weighted by atomic mass is 16.2. The second kappa shape index (κ2) is 6.09. The van der Waals surface area contributed by atoms with E-state index in [0.717, 1.165) is 18.5 Å². The van der Waals surface area contributed by atoms with E-state index in [2.05, 4.69) is 36.6 Å². The van der Waals surface area contributed by atoms with E-state index in [-0.39, 0.29) is 11.9 Å². The van der Waals surface area contributed by atoms with Crippen LogP contribution in [0.4, 0.5) is 5.69 Å². The zero-order valence-corrected chi connectivity index (χ0v) is 12.1. The summed E-state index contributed by atoms with van der Waals surface area (Å²) in [5, 5.41) is 6.40. The van der Waals surface area contributed by atoms with Crippen molar-refractivity contribution in [2.75, 3.05) is 5.32 Å². The fraction of sp³-hybridized carbons (Fsp3) is 0.562. The molecule has 0 saturated heterocycles. The van der Waals surface area contributed by atoms with E-state index in [1.807, 2.05) is 13.0 Å². The van der Waals surface area contributed by atoms with Crippen molar-refractivity contribution in [3.8, 4) is 0 Å². The second-order valence-corrected chi connectivity index (χ2v) is 5.66. The van der Waals surface area contributed by atoms with Crippen molar-refractivity contribution in [2.45, 2.75) is 58.5 Å². The van der Waals surface area contributed by atoms with Gasteiger partial charge in [-0.05, 0) is 56.9 Å². The molecule has 0 aliphatic heterocycles. The fourth-order valence-electron chi connectivity index (χ4n) is 2.54. The zero-order chi connectivity index (χ0) is 13.8. The summed E-state index contributed by atoms with van der Waals surface area (Å²) in [4.78, 5) is 12.1. The molecular formula is C16H24N2O. The molecule has 3 heteroatoms. The first kappa shape index (κ1) is 13.9. The molecule has 1 aromatic rings. The molecule has 0 aromatic heterocycles. The number of benzene rings is 1. The Bertz CT molecular complexity index is 450. The normalized spacial score (nSPS) is 17.2. The summed E-state index contributed by atoms with van der Waals surface area (Å²) in [5.41, 5.74) is 3.53. The molecule has 1 aliphatic carbocycles. The number of hydrogen-bond donors (Lipinski definition) is 2. The number of amides is 1. The molecule has 0 radical (unpaired) electrons. The van der Waals surface area contributed by atoms with Crippen LogP contribution in [0.5, 0.6) is 0 Å². The minimum Gasteiger partial charge on any atom is -0.374 e. The Kier molecular flexibility index (Phi) is 4.46. The number of hydrogen-bond acceptors (Lipinski definition) is 2. The molecule has 1 fully saturated rings. The molecule has 1 aliphatic rings. The molecular weight excluding hydrogens is 236 g/mol. The first-order valence-electron chi connectivity index (χ1n) is 7.20. The van der Waals surface area contributed by atoms with Crippen LogP contribution >= 0.6 is 0 Å². The minimum absolute atomic E-state index is 0.102. The lowest BCUT2D eigenvalue weighted by Crippen LogP contribution is -2.42. The summed E-state index contributed by atoms with van der Waals surface area (Å²) in [6.45, 7) is 6.10. The molecule has 3 nitrogen and oxygen atoms in total. The number of anilines is 1. The average molecular weight is 260 g/mol. The van der Waals surface area contributed by atoms with Gasteiger partial charge in [-0.1, -0.05) is 18.9 Å². The van der Waals surface area contributed by atoms with Gasteiger partial charge in [0, 0.05) is 11.7 Å². The van der Waals surface area contributed by atoms with Gasteiger partial charge in [-0.2, -0.15) is 0 Å². The number of carbonyl (C=O) groups is 1. The van der Waals surface area contributed by atoms with Crippen LogP contribution in [0.1, 0.15) is 43.7 Å². The second-order valence-electron chi connectivity index (χ2n) is 5.66. The molecule has 104 valence electrons. The Morgan fingerprint density at radius 1 is 1.21 bits per heavy atom. The molecule has 19 heavy (non-hydrogen) atoms. The smallest absolute Gasteiger partial charge is 0.242 e. The number of aryl methyl sites for hydroxylation is 2. The third-order valence-corrected chi connectivity index (χ3v) is 3.98. The predicted molar refractivity (Wildman–Crippen MR) is 79.4 cm³/mol. The van der Waals surface area contributed by atoms with Crippen LogP contribution in [0.2, 0.25) is 0 Å². The fourth-order valence-corrected chi connectivity index (χ4v) is 2.54. The van der Waals surface area contributed by atoms with Crippen LogP contribution in [0, 0.1) is 13.8 Å². The SMILES string of the molecule is Cc1ccc(N[C@@H](C)C(=O)NC2CCCC2)cc1C. The quantitative estimate of drug-likeness (QED) is 0.873. The number of rotatable bonds is 4. The summed E-state index contributed by atoms with van der Waals surface area (Å²) in [6.07, 6.45) is 4.73. The third-order valence-electron chi connectivity index (χ3n) is 3.98. The molecule has 2 rings (SSSR count). The highest BCUT2D eigenvalue weighted by Crippen LogP contribution is 2.18. The molecule has 0 spiro atoms. The van der Waals surface area contributed by atoms with Crippen molar-refractivity contribution in [1.29, 1.82) is 0 Å². The molecule has 1 aromatic carbocycles. The number of nitrogens with one attached hydrogen (secondary N) is 2. The molecule has 0 heterocycles. The Hall–Kier alpha value is -1.51. The first-order valence-corrected chi connectivity index (χ1v) is 7.20. The highest BCUT2D eigenvalue weighted by Gasteiger charge is 2.20. The largest absolute Gasteiger partial charge is 0.374 e. The van der Waals surface area contributed by atoms with Crippen molar-refractivity contribution in [3.63, 3.8) is 0 Å². The van der Waals surface area contributed by atoms with Crippen LogP contribution in [-0.4, -0.2) is 18.0 Å². The lowest BCUT2D eigenvalue weighted by molar-refractivity contribution is -0.122. The van der Waals surface area contributed by atoms with Crippen molar-refractivity contribution < 1.29 is 4.79 Å². The molecule has 1 saturated carbocycles. The van der Waals surface area contributed by atoms with E-state index < -0.39 is 0 Å². The Morgan fingerprint density at radius 3 is 2.53 bits per heavy atom. The van der Waals surface area contributed by atoms with E-state index in [9.17, 15) is 4.79 Å². The number of carbonyl (C=O) groups excluding carboxylic acids is 1. The van der Waals surface area contributed by atoms with Gasteiger partial charge in [-0.3, -0.25) is 4.79 Å². The average Bonchev–Trinajstić information content (AvgIpc) is 2.86. The van der Waals surface area contributed by atoms with Crippen molar-refractivity contribution in [1.82, 2.24) is 5.32 Å². The van der Waals surface area contributed by atoms with E-state index in [1.54, 1.807) is 0 Å². The van der Waals surface area contributed by atoms with Gasteiger partial charge in [0.05, 0.1) is 0 Å². The van der Waals surface area contributed by atoms with E-state index in [1.165, 1.54) is 24.0 Å².